The number of hydrogen-bond acceptors (Lipinski definition) is 3. The molecule has 4 nitrogen and oxygen atoms in total. The largest absolute Gasteiger partial charge is 0.389 e. The number of carbonyl (C=O) groups is 1. The maximum absolute atomic E-state index is 11.8. The molecule has 0 saturated heterocycles. The number of aliphatic hydroxyl groups is 1. The highest BCUT2D eigenvalue weighted by Crippen LogP contribution is 2.25. The van der Waals surface area contributed by atoms with E-state index < -0.39 is 5.60 Å². The highest BCUT2D eigenvalue weighted by Gasteiger charge is 2.23. The van der Waals surface area contributed by atoms with Crippen molar-refractivity contribution in [3.8, 4) is 0 Å². The van der Waals surface area contributed by atoms with Crippen LogP contribution in [-0.4, -0.2) is 47.8 Å². The van der Waals surface area contributed by atoms with E-state index in [0.717, 1.165) is 12.8 Å². The average molecular weight is 257 g/mol. The van der Waals surface area contributed by atoms with Crippen molar-refractivity contribution in [2.75, 3.05) is 20.2 Å². The molecule has 2 atom stereocenters. The summed E-state index contributed by atoms with van der Waals surface area (Å²) < 4.78 is 5.68. The fraction of sp³-hybridized carbons (Fsp3) is 0.929. The van der Waals surface area contributed by atoms with Crippen LogP contribution in [0.3, 0.4) is 0 Å². The van der Waals surface area contributed by atoms with Gasteiger partial charge in [-0.25, -0.2) is 0 Å². The van der Waals surface area contributed by atoms with E-state index in [2.05, 4.69) is 6.92 Å². The van der Waals surface area contributed by atoms with Crippen LogP contribution in [0.5, 0.6) is 0 Å². The van der Waals surface area contributed by atoms with Gasteiger partial charge in [0.1, 0.15) is 6.61 Å². The summed E-state index contributed by atoms with van der Waals surface area (Å²) in [7, 11) is 1.70. The van der Waals surface area contributed by atoms with E-state index in [9.17, 15) is 9.90 Å². The number of amides is 1. The second-order valence-electron chi connectivity index (χ2n) is 6.27. The van der Waals surface area contributed by atoms with Gasteiger partial charge in [-0.2, -0.15) is 0 Å². The van der Waals surface area contributed by atoms with Gasteiger partial charge in [0.15, 0.2) is 0 Å². The molecule has 0 aromatic carbocycles. The van der Waals surface area contributed by atoms with Crippen LogP contribution in [0.2, 0.25) is 0 Å². The Hall–Kier alpha value is -0.610. The Morgan fingerprint density at radius 3 is 2.67 bits per heavy atom. The third-order valence-electron chi connectivity index (χ3n) is 3.38. The van der Waals surface area contributed by atoms with Crippen LogP contribution in [0.1, 0.15) is 46.5 Å². The predicted octanol–water partition coefficient (Wildman–Crippen LogP) is 1.81. The molecule has 0 aliphatic heterocycles. The molecule has 2 unspecified atom stereocenters. The molecule has 1 amide bonds. The number of likely N-dealkylation sites (N-methyl/N-ethyl adjacent to an activating group) is 1. The third-order valence-corrected chi connectivity index (χ3v) is 3.38. The Bertz CT molecular complexity index is 273. The third kappa shape index (κ3) is 5.83. The van der Waals surface area contributed by atoms with Crippen molar-refractivity contribution >= 4 is 5.91 Å². The smallest absolute Gasteiger partial charge is 0.248 e. The van der Waals surface area contributed by atoms with E-state index in [4.69, 9.17) is 4.74 Å². The van der Waals surface area contributed by atoms with Crippen LogP contribution in [-0.2, 0) is 9.53 Å². The first-order chi connectivity index (χ1) is 8.28. The summed E-state index contributed by atoms with van der Waals surface area (Å²) in [5.41, 5.74) is -0.857. The molecule has 1 saturated carbocycles. The standard InChI is InChI=1S/C14H27NO3/c1-11-6-5-7-12(8-11)18-9-13(16)15(4)10-14(2,3)17/h11-12,17H,5-10H2,1-4H3. The molecule has 106 valence electrons. The summed E-state index contributed by atoms with van der Waals surface area (Å²) in [6, 6.07) is 0. The maximum atomic E-state index is 11.8. The lowest BCUT2D eigenvalue weighted by molar-refractivity contribution is -0.140. The molecule has 0 heterocycles. The van der Waals surface area contributed by atoms with Gasteiger partial charge in [0.25, 0.3) is 0 Å². The summed E-state index contributed by atoms with van der Waals surface area (Å²) in [6.45, 7) is 6.08. The van der Waals surface area contributed by atoms with Crippen LogP contribution < -0.4 is 0 Å². The fourth-order valence-corrected chi connectivity index (χ4v) is 2.50. The lowest BCUT2D eigenvalue weighted by Crippen LogP contribution is -2.41. The van der Waals surface area contributed by atoms with Gasteiger partial charge in [-0.05, 0) is 32.6 Å². The Balaban J connectivity index is 2.27. The Labute approximate surface area is 110 Å². The van der Waals surface area contributed by atoms with Gasteiger partial charge in [-0.1, -0.05) is 19.8 Å². The zero-order valence-corrected chi connectivity index (χ0v) is 12.1. The molecule has 1 N–H and O–H groups in total. The van der Waals surface area contributed by atoms with E-state index >= 15 is 0 Å². The first-order valence-corrected chi connectivity index (χ1v) is 6.86. The normalized spacial score (nSPS) is 24.9. The molecule has 1 fully saturated rings. The molecular weight excluding hydrogens is 230 g/mol. The van der Waals surface area contributed by atoms with E-state index in [0.29, 0.717) is 12.5 Å². The summed E-state index contributed by atoms with van der Waals surface area (Å²) in [5, 5.41) is 9.65. The second kappa shape index (κ2) is 6.53. The molecule has 0 bridgehead atoms. The topological polar surface area (TPSA) is 49.8 Å². The molecule has 0 spiro atoms. The van der Waals surface area contributed by atoms with Gasteiger partial charge in [-0.15, -0.1) is 0 Å². The maximum Gasteiger partial charge on any atom is 0.248 e. The molecular formula is C14H27NO3. The van der Waals surface area contributed by atoms with Crippen LogP contribution in [0.25, 0.3) is 0 Å². The molecule has 1 aliphatic carbocycles. The fourth-order valence-electron chi connectivity index (χ4n) is 2.50. The van der Waals surface area contributed by atoms with Crippen molar-refractivity contribution < 1.29 is 14.6 Å². The van der Waals surface area contributed by atoms with E-state index in [1.807, 2.05) is 0 Å². The minimum atomic E-state index is -0.857. The molecule has 4 heteroatoms. The van der Waals surface area contributed by atoms with Crippen LogP contribution >= 0.6 is 0 Å². The highest BCUT2D eigenvalue weighted by atomic mass is 16.5. The molecule has 18 heavy (non-hydrogen) atoms. The van der Waals surface area contributed by atoms with E-state index in [1.54, 1.807) is 20.9 Å². The zero-order valence-electron chi connectivity index (χ0n) is 12.1. The number of hydrogen-bond donors (Lipinski definition) is 1. The highest BCUT2D eigenvalue weighted by molar-refractivity contribution is 5.77. The molecule has 1 aliphatic rings. The summed E-state index contributed by atoms with van der Waals surface area (Å²) >= 11 is 0. The molecule has 0 aromatic heterocycles. The van der Waals surface area contributed by atoms with Gasteiger partial charge in [0, 0.05) is 13.6 Å². The average Bonchev–Trinajstić information content (AvgIpc) is 2.23. The van der Waals surface area contributed by atoms with Crippen molar-refractivity contribution in [2.45, 2.75) is 58.2 Å². The second-order valence-corrected chi connectivity index (χ2v) is 6.27. The SMILES string of the molecule is CC1CCCC(OCC(=O)N(C)CC(C)(C)O)C1. The van der Waals surface area contributed by atoms with E-state index in [-0.39, 0.29) is 18.6 Å². The van der Waals surface area contributed by atoms with Crippen molar-refractivity contribution in [3.63, 3.8) is 0 Å². The van der Waals surface area contributed by atoms with Crippen molar-refractivity contribution in [3.05, 3.63) is 0 Å². The minimum Gasteiger partial charge on any atom is -0.389 e. The van der Waals surface area contributed by atoms with Crippen LogP contribution in [0, 0.1) is 5.92 Å². The van der Waals surface area contributed by atoms with Crippen molar-refractivity contribution in [1.82, 2.24) is 4.90 Å². The lowest BCUT2D eigenvalue weighted by Gasteiger charge is -2.29. The number of rotatable bonds is 5. The van der Waals surface area contributed by atoms with Gasteiger partial charge in [-0.3, -0.25) is 4.79 Å². The quantitative estimate of drug-likeness (QED) is 0.817. The molecule has 1 rings (SSSR count). The van der Waals surface area contributed by atoms with Crippen molar-refractivity contribution in [2.24, 2.45) is 5.92 Å². The van der Waals surface area contributed by atoms with Crippen molar-refractivity contribution in [1.29, 1.82) is 0 Å². The number of nitrogens with zero attached hydrogens (tertiary/aromatic N) is 1. The van der Waals surface area contributed by atoms with Crippen LogP contribution in [0.15, 0.2) is 0 Å². The number of ether oxygens (including phenoxy) is 1. The first-order valence-electron chi connectivity index (χ1n) is 6.86. The Morgan fingerprint density at radius 1 is 1.44 bits per heavy atom. The van der Waals surface area contributed by atoms with Gasteiger partial charge in [0.05, 0.1) is 11.7 Å². The number of carbonyl (C=O) groups excluding carboxylic acids is 1. The Morgan fingerprint density at radius 2 is 2.11 bits per heavy atom. The predicted molar refractivity (Wildman–Crippen MR) is 71.3 cm³/mol. The van der Waals surface area contributed by atoms with Crippen LogP contribution in [0.4, 0.5) is 0 Å². The summed E-state index contributed by atoms with van der Waals surface area (Å²) in [5.74, 6) is 0.642. The van der Waals surface area contributed by atoms with E-state index in [1.165, 1.54) is 17.7 Å². The summed E-state index contributed by atoms with van der Waals surface area (Å²) in [4.78, 5) is 13.4. The first kappa shape index (κ1) is 15.4. The van der Waals surface area contributed by atoms with Gasteiger partial charge < -0.3 is 14.7 Å². The molecule has 0 aromatic rings. The van der Waals surface area contributed by atoms with Gasteiger partial charge in [0.2, 0.25) is 5.91 Å². The van der Waals surface area contributed by atoms with Gasteiger partial charge >= 0.3 is 0 Å². The lowest BCUT2D eigenvalue weighted by atomic mass is 9.89. The Kier molecular flexibility index (Phi) is 5.60. The minimum absolute atomic E-state index is 0.0599. The zero-order chi connectivity index (χ0) is 13.8. The summed E-state index contributed by atoms with van der Waals surface area (Å²) in [6.07, 6.45) is 4.81. The molecule has 0 radical (unpaired) electrons. The monoisotopic (exact) mass is 257 g/mol.